The van der Waals surface area contributed by atoms with Crippen molar-refractivity contribution < 1.29 is 9.53 Å². The number of pyridine rings is 1. The number of nitrogens with one attached hydrogen (secondary N) is 1. The van der Waals surface area contributed by atoms with Crippen LogP contribution in [-0.4, -0.2) is 37.6 Å². The standard InChI is InChI=1S/C11H18B2BrN3O2/c1-6(18)19-11(12,13)10(2,3)17-9-8(15)4-7(14)5-16-9/h4-5H,12-13,15H2,1-3H3,(H,16,17). The monoisotopic (exact) mass is 325 g/mol. The zero-order valence-corrected chi connectivity index (χ0v) is 13.5. The van der Waals surface area contributed by atoms with Gasteiger partial charge in [0.25, 0.3) is 0 Å². The number of halogens is 1. The molecule has 1 aromatic heterocycles. The third kappa shape index (κ3) is 3.89. The normalized spacial score (nSPS) is 12.0. The Kier molecular flexibility index (Phi) is 4.55. The molecule has 0 radical (unpaired) electrons. The van der Waals surface area contributed by atoms with Gasteiger partial charge in [0.15, 0.2) is 0 Å². The summed E-state index contributed by atoms with van der Waals surface area (Å²) >= 11 is 3.31. The Morgan fingerprint density at radius 3 is 2.58 bits per heavy atom. The lowest BCUT2D eigenvalue weighted by atomic mass is 9.55. The van der Waals surface area contributed by atoms with E-state index < -0.39 is 10.9 Å². The minimum absolute atomic E-state index is 0.323. The van der Waals surface area contributed by atoms with E-state index in [-0.39, 0.29) is 5.97 Å². The van der Waals surface area contributed by atoms with Crippen molar-refractivity contribution >= 4 is 49.1 Å². The van der Waals surface area contributed by atoms with Crippen molar-refractivity contribution in [1.82, 2.24) is 4.98 Å². The van der Waals surface area contributed by atoms with Gasteiger partial charge in [-0.1, -0.05) is 0 Å². The molecule has 0 saturated carbocycles. The predicted molar refractivity (Wildman–Crippen MR) is 85.6 cm³/mol. The van der Waals surface area contributed by atoms with Crippen LogP contribution >= 0.6 is 15.9 Å². The van der Waals surface area contributed by atoms with E-state index in [2.05, 4.69) is 26.2 Å². The SMILES string of the molecule is BC(B)(OC(C)=O)C(C)(C)Nc1ncc(Br)cc1N. The molecule has 19 heavy (non-hydrogen) atoms. The molecule has 0 spiro atoms. The van der Waals surface area contributed by atoms with Crippen LogP contribution in [0.4, 0.5) is 11.5 Å². The highest BCUT2D eigenvalue weighted by Gasteiger charge is 2.40. The van der Waals surface area contributed by atoms with E-state index >= 15 is 0 Å². The van der Waals surface area contributed by atoms with Gasteiger partial charge < -0.3 is 15.8 Å². The van der Waals surface area contributed by atoms with Crippen LogP contribution < -0.4 is 11.1 Å². The molecule has 1 rings (SSSR count). The van der Waals surface area contributed by atoms with Crippen LogP contribution in [0, 0.1) is 0 Å². The van der Waals surface area contributed by atoms with Crippen molar-refractivity contribution in [3.05, 3.63) is 16.7 Å². The number of aromatic nitrogens is 1. The molecule has 5 nitrogen and oxygen atoms in total. The number of nitrogens with zero attached hydrogens (tertiary/aromatic N) is 1. The molecule has 0 aliphatic rings. The fraction of sp³-hybridized carbons (Fsp3) is 0.455. The Labute approximate surface area is 123 Å². The number of esters is 1. The molecule has 0 aromatic carbocycles. The molecule has 0 aliphatic heterocycles. The average molecular weight is 326 g/mol. The van der Waals surface area contributed by atoms with Gasteiger partial charge in [-0.25, -0.2) is 4.98 Å². The fourth-order valence-electron chi connectivity index (χ4n) is 1.49. The summed E-state index contributed by atoms with van der Waals surface area (Å²) in [5.74, 6) is 0.241. The highest BCUT2D eigenvalue weighted by Crippen LogP contribution is 2.28. The number of hydrogen-bond donors (Lipinski definition) is 2. The van der Waals surface area contributed by atoms with Crippen LogP contribution in [0.5, 0.6) is 0 Å². The molecular formula is C11H18B2BrN3O2. The maximum Gasteiger partial charge on any atom is 0.301 e. The summed E-state index contributed by atoms with van der Waals surface area (Å²) in [4.78, 5) is 15.4. The van der Waals surface area contributed by atoms with Crippen LogP contribution in [0.15, 0.2) is 16.7 Å². The van der Waals surface area contributed by atoms with Crippen LogP contribution in [0.25, 0.3) is 0 Å². The lowest BCUT2D eigenvalue weighted by Crippen LogP contribution is -2.58. The number of hydrogen-bond acceptors (Lipinski definition) is 5. The molecule has 1 heterocycles. The summed E-state index contributed by atoms with van der Waals surface area (Å²) in [7, 11) is 3.69. The Balaban J connectivity index is 2.98. The summed E-state index contributed by atoms with van der Waals surface area (Å²) < 4.78 is 6.17. The zero-order chi connectivity index (χ0) is 14.8. The highest BCUT2D eigenvalue weighted by atomic mass is 79.9. The molecule has 3 N–H and O–H groups in total. The molecule has 0 atom stereocenters. The van der Waals surface area contributed by atoms with Crippen molar-refractivity contribution in [2.75, 3.05) is 11.1 Å². The fourth-order valence-corrected chi connectivity index (χ4v) is 1.84. The molecule has 8 heteroatoms. The van der Waals surface area contributed by atoms with Gasteiger partial charge in [-0.2, -0.15) is 0 Å². The van der Waals surface area contributed by atoms with Crippen molar-refractivity contribution in [1.29, 1.82) is 0 Å². The molecular weight excluding hydrogens is 308 g/mol. The smallest absolute Gasteiger partial charge is 0.301 e. The summed E-state index contributed by atoms with van der Waals surface area (Å²) in [5, 5.41) is 2.52. The first-order valence-electron chi connectivity index (χ1n) is 5.94. The second kappa shape index (κ2) is 5.45. The first-order valence-corrected chi connectivity index (χ1v) is 6.73. The number of rotatable bonds is 4. The van der Waals surface area contributed by atoms with Gasteiger partial charge in [-0.15, -0.1) is 0 Å². The summed E-state index contributed by atoms with van der Waals surface area (Å²) in [6.45, 7) is 5.25. The predicted octanol–water partition coefficient (Wildman–Crippen LogP) is 0.0999. The maximum absolute atomic E-state index is 11.2. The quantitative estimate of drug-likeness (QED) is 0.606. The minimum atomic E-state index is -0.708. The number of nitrogen functional groups attached to an aromatic ring is 1. The van der Waals surface area contributed by atoms with Crippen molar-refractivity contribution in [2.45, 2.75) is 31.7 Å². The van der Waals surface area contributed by atoms with Crippen molar-refractivity contribution in [2.24, 2.45) is 0 Å². The van der Waals surface area contributed by atoms with E-state index in [4.69, 9.17) is 10.5 Å². The lowest BCUT2D eigenvalue weighted by Gasteiger charge is -2.42. The first-order chi connectivity index (χ1) is 8.55. The van der Waals surface area contributed by atoms with E-state index in [9.17, 15) is 4.79 Å². The lowest BCUT2D eigenvalue weighted by molar-refractivity contribution is -0.147. The summed E-state index contributed by atoms with van der Waals surface area (Å²) in [6.07, 6.45) is 1.66. The van der Waals surface area contributed by atoms with Gasteiger partial charge >= 0.3 is 5.97 Å². The average Bonchev–Trinajstić information content (AvgIpc) is 2.20. The highest BCUT2D eigenvalue weighted by molar-refractivity contribution is 9.10. The Morgan fingerprint density at radius 1 is 1.53 bits per heavy atom. The van der Waals surface area contributed by atoms with Crippen LogP contribution in [0.3, 0.4) is 0 Å². The van der Waals surface area contributed by atoms with Gasteiger partial charge in [-0.3, -0.25) is 4.79 Å². The number of nitrogens with two attached hydrogens (primary N) is 1. The van der Waals surface area contributed by atoms with Crippen LogP contribution in [0.1, 0.15) is 20.8 Å². The number of anilines is 2. The molecule has 0 fully saturated rings. The largest absolute Gasteiger partial charge is 0.476 e. The van der Waals surface area contributed by atoms with E-state index in [1.807, 2.05) is 29.5 Å². The second-order valence-corrected chi connectivity index (χ2v) is 6.36. The molecule has 0 aliphatic carbocycles. The molecule has 102 valence electrons. The maximum atomic E-state index is 11.2. The van der Waals surface area contributed by atoms with E-state index in [1.165, 1.54) is 6.92 Å². The summed E-state index contributed by atoms with van der Waals surface area (Å²) in [5.41, 5.74) is 5.91. The van der Waals surface area contributed by atoms with Crippen LogP contribution in [0.2, 0.25) is 0 Å². The van der Waals surface area contributed by atoms with Crippen LogP contribution in [-0.2, 0) is 9.53 Å². The van der Waals surface area contributed by atoms with E-state index in [1.54, 1.807) is 12.3 Å². The molecule has 0 unspecified atom stereocenters. The third-order valence-corrected chi connectivity index (χ3v) is 3.65. The van der Waals surface area contributed by atoms with Gasteiger partial charge in [0, 0.05) is 17.6 Å². The van der Waals surface area contributed by atoms with Gasteiger partial charge in [0.1, 0.15) is 21.5 Å². The van der Waals surface area contributed by atoms with E-state index in [0.29, 0.717) is 11.5 Å². The topological polar surface area (TPSA) is 77.2 Å². The first kappa shape index (κ1) is 15.9. The van der Waals surface area contributed by atoms with Crippen molar-refractivity contribution in [3.8, 4) is 0 Å². The second-order valence-electron chi connectivity index (χ2n) is 5.45. The molecule has 0 amide bonds. The number of carbonyl (C=O) groups is 1. The van der Waals surface area contributed by atoms with Gasteiger partial charge in [0.2, 0.25) is 0 Å². The molecule has 0 bridgehead atoms. The number of ether oxygens (including phenoxy) is 1. The third-order valence-electron chi connectivity index (χ3n) is 3.22. The minimum Gasteiger partial charge on any atom is -0.476 e. The Bertz CT molecular complexity index is 495. The van der Waals surface area contributed by atoms with Gasteiger partial charge in [-0.05, 0) is 35.8 Å². The van der Waals surface area contributed by atoms with Gasteiger partial charge in [0.05, 0.1) is 16.6 Å². The zero-order valence-electron chi connectivity index (χ0n) is 11.9. The van der Waals surface area contributed by atoms with Crippen molar-refractivity contribution in [3.63, 3.8) is 0 Å². The molecule has 0 saturated heterocycles. The summed E-state index contributed by atoms with van der Waals surface area (Å²) in [6, 6.07) is 1.77. The number of carbonyl (C=O) groups excluding carboxylic acids is 1. The molecule has 1 aromatic rings. The van der Waals surface area contributed by atoms with E-state index in [0.717, 1.165) is 4.47 Å². The Hall–Kier alpha value is -1.17. The Morgan fingerprint density at radius 2 is 2.11 bits per heavy atom.